The minimum atomic E-state index is -0.254. The highest BCUT2D eigenvalue weighted by atomic mass is 79.9. The second-order valence-corrected chi connectivity index (χ2v) is 3.82. The highest BCUT2D eigenvalue weighted by Gasteiger charge is 2.05. The van der Waals surface area contributed by atoms with E-state index in [1.807, 2.05) is 6.92 Å². The Morgan fingerprint density at radius 2 is 2.38 bits per heavy atom. The van der Waals surface area contributed by atoms with Crippen LogP contribution in [0.15, 0.2) is 15.6 Å². The van der Waals surface area contributed by atoms with Crippen molar-refractivity contribution in [3.63, 3.8) is 0 Å². The molecule has 1 amide bonds. The smallest absolute Gasteiger partial charge is 0.267 e. The van der Waals surface area contributed by atoms with Crippen molar-refractivity contribution in [3.8, 4) is 0 Å². The number of amides is 1. The highest BCUT2D eigenvalue weighted by molar-refractivity contribution is 9.10. The number of hydrogen-bond acceptors (Lipinski definition) is 4. The minimum Gasteiger partial charge on any atom is -0.368 e. The van der Waals surface area contributed by atoms with Gasteiger partial charge in [0.15, 0.2) is 0 Å². The van der Waals surface area contributed by atoms with Crippen molar-refractivity contribution >= 4 is 27.7 Å². The first-order chi connectivity index (χ1) is 7.65. The average Bonchev–Trinajstić information content (AvgIpc) is 2.25. The van der Waals surface area contributed by atoms with Crippen molar-refractivity contribution in [1.29, 1.82) is 0 Å². The van der Waals surface area contributed by atoms with E-state index in [9.17, 15) is 9.59 Å². The van der Waals surface area contributed by atoms with E-state index >= 15 is 0 Å². The zero-order valence-corrected chi connectivity index (χ0v) is 10.4. The van der Waals surface area contributed by atoms with E-state index in [0.29, 0.717) is 29.8 Å². The Morgan fingerprint density at radius 1 is 1.62 bits per heavy atom. The quantitative estimate of drug-likeness (QED) is 0.735. The normalized spacial score (nSPS) is 9.88. The SMILES string of the molecule is CCNC(=O)CCNc1nc[nH]c(=O)c1Br. The number of aromatic amines is 1. The van der Waals surface area contributed by atoms with Crippen LogP contribution in [0.3, 0.4) is 0 Å². The molecule has 0 aliphatic carbocycles. The van der Waals surface area contributed by atoms with Crippen LogP contribution in [0.1, 0.15) is 13.3 Å². The van der Waals surface area contributed by atoms with Crippen molar-refractivity contribution in [2.24, 2.45) is 0 Å². The van der Waals surface area contributed by atoms with E-state index in [2.05, 4.69) is 36.5 Å². The first-order valence-corrected chi connectivity index (χ1v) is 5.68. The van der Waals surface area contributed by atoms with Gasteiger partial charge in [-0.15, -0.1) is 0 Å². The molecule has 0 atom stereocenters. The Labute approximate surface area is 101 Å². The summed E-state index contributed by atoms with van der Waals surface area (Å²) in [5.74, 6) is 0.406. The molecule has 0 unspecified atom stereocenters. The van der Waals surface area contributed by atoms with Gasteiger partial charge in [0.2, 0.25) is 5.91 Å². The molecule has 7 heteroatoms. The van der Waals surface area contributed by atoms with Gasteiger partial charge in [-0.25, -0.2) is 4.98 Å². The predicted octanol–water partition coefficient (Wildman–Crippen LogP) is 0.470. The average molecular weight is 289 g/mol. The molecule has 88 valence electrons. The number of halogens is 1. The molecule has 1 heterocycles. The van der Waals surface area contributed by atoms with E-state index in [1.54, 1.807) is 0 Å². The Balaban J connectivity index is 2.46. The fourth-order valence-corrected chi connectivity index (χ4v) is 1.44. The van der Waals surface area contributed by atoms with Gasteiger partial charge in [0.05, 0.1) is 6.33 Å². The predicted molar refractivity (Wildman–Crippen MR) is 64.3 cm³/mol. The van der Waals surface area contributed by atoms with Crippen LogP contribution in [0.4, 0.5) is 5.82 Å². The Bertz CT molecular complexity index is 418. The topological polar surface area (TPSA) is 86.9 Å². The molecule has 0 saturated heterocycles. The van der Waals surface area contributed by atoms with Gasteiger partial charge in [0, 0.05) is 19.5 Å². The van der Waals surface area contributed by atoms with E-state index in [4.69, 9.17) is 0 Å². The van der Waals surface area contributed by atoms with Gasteiger partial charge < -0.3 is 15.6 Å². The number of nitrogens with one attached hydrogen (secondary N) is 3. The molecule has 3 N–H and O–H groups in total. The molecular formula is C9H13BrN4O2. The monoisotopic (exact) mass is 288 g/mol. The Morgan fingerprint density at radius 3 is 3.06 bits per heavy atom. The van der Waals surface area contributed by atoms with Crippen LogP contribution in [0.25, 0.3) is 0 Å². The van der Waals surface area contributed by atoms with Crippen molar-refractivity contribution in [1.82, 2.24) is 15.3 Å². The van der Waals surface area contributed by atoms with Gasteiger partial charge in [0.1, 0.15) is 10.3 Å². The molecular weight excluding hydrogens is 276 g/mol. The zero-order valence-electron chi connectivity index (χ0n) is 8.84. The summed E-state index contributed by atoms with van der Waals surface area (Å²) in [6, 6.07) is 0. The molecule has 1 aromatic heterocycles. The van der Waals surface area contributed by atoms with E-state index in [1.165, 1.54) is 6.33 Å². The van der Waals surface area contributed by atoms with Crippen LogP contribution < -0.4 is 16.2 Å². The number of carbonyl (C=O) groups is 1. The van der Waals surface area contributed by atoms with Crippen LogP contribution in [-0.4, -0.2) is 29.0 Å². The molecule has 6 nitrogen and oxygen atoms in total. The lowest BCUT2D eigenvalue weighted by Crippen LogP contribution is -2.25. The second-order valence-electron chi connectivity index (χ2n) is 3.02. The molecule has 0 aromatic carbocycles. The van der Waals surface area contributed by atoms with Crippen LogP contribution in [0, 0.1) is 0 Å². The Hall–Kier alpha value is -1.37. The number of anilines is 1. The first kappa shape index (κ1) is 12.7. The van der Waals surface area contributed by atoms with Crippen LogP contribution in [0.5, 0.6) is 0 Å². The molecule has 0 aliphatic rings. The fraction of sp³-hybridized carbons (Fsp3) is 0.444. The standard InChI is InChI=1S/C9H13BrN4O2/c1-2-11-6(15)3-4-12-8-7(10)9(16)14-5-13-8/h5H,2-4H2,1H3,(H,11,15)(H2,12,13,14,16). The van der Waals surface area contributed by atoms with Crippen LogP contribution in [0.2, 0.25) is 0 Å². The van der Waals surface area contributed by atoms with Crippen molar-refractivity contribution < 1.29 is 4.79 Å². The van der Waals surface area contributed by atoms with E-state index in [0.717, 1.165) is 0 Å². The number of carbonyl (C=O) groups excluding carboxylic acids is 1. The lowest BCUT2D eigenvalue weighted by Gasteiger charge is -2.06. The summed E-state index contributed by atoms with van der Waals surface area (Å²) >= 11 is 3.11. The lowest BCUT2D eigenvalue weighted by molar-refractivity contribution is -0.120. The summed E-state index contributed by atoms with van der Waals surface area (Å²) in [7, 11) is 0. The number of rotatable bonds is 5. The molecule has 0 fully saturated rings. The van der Waals surface area contributed by atoms with Crippen molar-refractivity contribution in [3.05, 3.63) is 21.2 Å². The summed E-state index contributed by atoms with van der Waals surface area (Å²) in [6.07, 6.45) is 1.65. The summed E-state index contributed by atoms with van der Waals surface area (Å²) in [5, 5.41) is 5.58. The van der Waals surface area contributed by atoms with Crippen LogP contribution >= 0.6 is 15.9 Å². The zero-order chi connectivity index (χ0) is 12.0. The lowest BCUT2D eigenvalue weighted by atomic mass is 10.4. The molecule has 0 aliphatic heterocycles. The van der Waals surface area contributed by atoms with Gasteiger partial charge in [-0.3, -0.25) is 9.59 Å². The number of aromatic nitrogens is 2. The maximum Gasteiger partial charge on any atom is 0.267 e. The molecule has 1 rings (SSSR count). The molecule has 0 saturated carbocycles. The summed E-state index contributed by atoms with van der Waals surface area (Å²) in [5.41, 5.74) is -0.254. The van der Waals surface area contributed by atoms with Crippen molar-refractivity contribution in [2.75, 3.05) is 18.4 Å². The molecule has 16 heavy (non-hydrogen) atoms. The van der Waals surface area contributed by atoms with Crippen LogP contribution in [-0.2, 0) is 4.79 Å². The van der Waals surface area contributed by atoms with Gasteiger partial charge in [-0.1, -0.05) is 0 Å². The molecule has 0 radical (unpaired) electrons. The first-order valence-electron chi connectivity index (χ1n) is 4.89. The van der Waals surface area contributed by atoms with Crippen molar-refractivity contribution in [2.45, 2.75) is 13.3 Å². The Kier molecular flexibility index (Phi) is 4.97. The highest BCUT2D eigenvalue weighted by Crippen LogP contribution is 2.12. The number of H-pyrrole nitrogens is 1. The molecule has 0 spiro atoms. The van der Waals surface area contributed by atoms with E-state index < -0.39 is 0 Å². The molecule has 1 aromatic rings. The minimum absolute atomic E-state index is 0.0315. The maximum absolute atomic E-state index is 11.2. The van der Waals surface area contributed by atoms with E-state index in [-0.39, 0.29) is 11.5 Å². The number of nitrogens with zero attached hydrogens (tertiary/aromatic N) is 1. The second kappa shape index (κ2) is 6.26. The van der Waals surface area contributed by atoms with Gasteiger partial charge >= 0.3 is 0 Å². The number of hydrogen-bond donors (Lipinski definition) is 3. The summed E-state index contributed by atoms with van der Waals surface area (Å²) in [4.78, 5) is 28.7. The fourth-order valence-electron chi connectivity index (χ4n) is 1.09. The third-order valence-electron chi connectivity index (χ3n) is 1.82. The third-order valence-corrected chi connectivity index (χ3v) is 2.55. The largest absolute Gasteiger partial charge is 0.368 e. The summed E-state index contributed by atoms with van der Waals surface area (Å²) in [6.45, 7) is 2.91. The maximum atomic E-state index is 11.2. The van der Waals surface area contributed by atoms with Gasteiger partial charge in [-0.2, -0.15) is 0 Å². The van der Waals surface area contributed by atoms with Gasteiger partial charge in [0.25, 0.3) is 5.56 Å². The van der Waals surface area contributed by atoms with Gasteiger partial charge in [-0.05, 0) is 22.9 Å². The third kappa shape index (κ3) is 3.65. The summed E-state index contributed by atoms with van der Waals surface area (Å²) < 4.78 is 0.339. The molecule has 0 bridgehead atoms.